The van der Waals surface area contributed by atoms with E-state index in [1.165, 1.54) is 0 Å². The largest absolute Gasteiger partial charge is 0.493 e. The lowest BCUT2D eigenvalue weighted by Gasteiger charge is -2.36. The van der Waals surface area contributed by atoms with Crippen LogP contribution in [0.2, 0.25) is 0 Å². The number of ether oxygens (including phenoxy) is 3. The highest BCUT2D eigenvalue weighted by atomic mass is 16.5. The number of carbonyl (C=O) groups is 1. The lowest BCUT2D eigenvalue weighted by molar-refractivity contribution is -0.00249. The number of rotatable bonds is 7. The minimum Gasteiger partial charge on any atom is -0.493 e. The van der Waals surface area contributed by atoms with Crippen LogP contribution >= 0.6 is 0 Å². The van der Waals surface area contributed by atoms with Gasteiger partial charge in [-0.25, -0.2) is 4.79 Å². The average Bonchev–Trinajstić information content (AvgIpc) is 3.27. The van der Waals surface area contributed by atoms with E-state index in [1.807, 2.05) is 44.3 Å². The average molecular weight is 424 g/mol. The molecule has 1 aromatic heterocycles. The minimum absolute atomic E-state index is 0.0675. The monoisotopic (exact) mass is 423 g/mol. The first-order valence-corrected chi connectivity index (χ1v) is 10.8. The van der Waals surface area contributed by atoms with Crippen molar-refractivity contribution < 1.29 is 24.1 Å². The number of fused-ring (bicyclic) bond motifs is 1. The molecule has 164 valence electrons. The molecule has 0 spiro atoms. The molecule has 1 saturated carbocycles. The number of aryl methyl sites for hydroxylation is 1. The third kappa shape index (κ3) is 4.26. The summed E-state index contributed by atoms with van der Waals surface area (Å²) in [5, 5.41) is 10.2. The molecule has 1 aliphatic rings. The molecule has 2 aromatic carbocycles. The first kappa shape index (κ1) is 21.2. The van der Waals surface area contributed by atoms with Gasteiger partial charge in [0.2, 0.25) is 0 Å². The molecule has 0 aliphatic heterocycles. The summed E-state index contributed by atoms with van der Waals surface area (Å²) < 4.78 is 18.3. The lowest BCUT2D eigenvalue weighted by Crippen LogP contribution is -2.35. The molecule has 0 radical (unpaired) electrons. The van der Waals surface area contributed by atoms with E-state index < -0.39 is 5.97 Å². The molecule has 0 bridgehead atoms. The van der Waals surface area contributed by atoms with Crippen LogP contribution in [-0.4, -0.2) is 42.0 Å². The number of carboxylic acids is 1. The second-order valence-electron chi connectivity index (χ2n) is 8.07. The van der Waals surface area contributed by atoms with Crippen LogP contribution in [0.3, 0.4) is 0 Å². The molecule has 0 amide bonds. The Kier molecular flexibility index (Phi) is 6.18. The molecular formula is C25H29NO5. The van der Waals surface area contributed by atoms with Crippen LogP contribution in [0.5, 0.6) is 11.5 Å². The van der Waals surface area contributed by atoms with Crippen LogP contribution in [0.1, 0.15) is 53.6 Å². The zero-order valence-electron chi connectivity index (χ0n) is 18.2. The fourth-order valence-electron chi connectivity index (χ4n) is 4.63. The number of benzene rings is 2. The standard InChI is InChI=1S/C25H29NO5/c1-4-30-18-9-10-21(20(14-18)16-5-7-17(8-6-16)25(27)28)31-24-19-11-12-26-23(19)15(2)13-22(24)29-3/h5-8,11-13,18,20-21,26H,4,9-10,14H2,1-3H3,(H,27,28)/t18-,20+,21+/m1/s1. The first-order chi connectivity index (χ1) is 15.0. The van der Waals surface area contributed by atoms with Crippen molar-refractivity contribution in [3.05, 3.63) is 59.3 Å². The molecule has 0 unspecified atom stereocenters. The van der Waals surface area contributed by atoms with Gasteiger partial charge < -0.3 is 24.3 Å². The Labute approximate surface area is 182 Å². The molecule has 2 N–H and O–H groups in total. The van der Waals surface area contributed by atoms with Gasteiger partial charge in [-0.1, -0.05) is 12.1 Å². The highest BCUT2D eigenvalue weighted by Crippen LogP contribution is 2.43. The van der Waals surface area contributed by atoms with E-state index in [1.54, 1.807) is 19.2 Å². The van der Waals surface area contributed by atoms with Gasteiger partial charge in [-0.2, -0.15) is 0 Å². The molecule has 1 aliphatic carbocycles. The molecule has 6 heteroatoms. The van der Waals surface area contributed by atoms with Crippen molar-refractivity contribution in [2.45, 2.75) is 51.2 Å². The number of carboxylic acid groups (broad SMARTS) is 1. The quantitative estimate of drug-likeness (QED) is 0.539. The van der Waals surface area contributed by atoms with Gasteiger partial charge in [-0.3, -0.25) is 0 Å². The summed E-state index contributed by atoms with van der Waals surface area (Å²) in [5.41, 5.74) is 3.50. The van der Waals surface area contributed by atoms with Crippen LogP contribution < -0.4 is 9.47 Å². The maximum absolute atomic E-state index is 11.3. The van der Waals surface area contributed by atoms with Crippen LogP contribution in [0, 0.1) is 6.92 Å². The second-order valence-corrected chi connectivity index (χ2v) is 8.07. The molecule has 3 atom stereocenters. The first-order valence-electron chi connectivity index (χ1n) is 10.8. The molecule has 4 rings (SSSR count). The lowest BCUT2D eigenvalue weighted by atomic mass is 9.79. The van der Waals surface area contributed by atoms with Crippen LogP contribution in [-0.2, 0) is 4.74 Å². The van der Waals surface area contributed by atoms with E-state index in [2.05, 4.69) is 4.98 Å². The van der Waals surface area contributed by atoms with Crippen molar-refractivity contribution in [1.82, 2.24) is 4.98 Å². The number of nitrogens with one attached hydrogen (secondary N) is 1. The number of aromatic nitrogens is 1. The summed E-state index contributed by atoms with van der Waals surface area (Å²) in [6.07, 6.45) is 4.61. The van der Waals surface area contributed by atoms with Crippen molar-refractivity contribution in [3.8, 4) is 11.5 Å². The maximum Gasteiger partial charge on any atom is 0.335 e. The van der Waals surface area contributed by atoms with E-state index in [0.29, 0.717) is 6.61 Å². The van der Waals surface area contributed by atoms with E-state index in [-0.39, 0.29) is 23.7 Å². The number of aromatic amines is 1. The van der Waals surface area contributed by atoms with Gasteiger partial charge in [0.1, 0.15) is 6.10 Å². The molecular weight excluding hydrogens is 394 g/mol. The summed E-state index contributed by atoms with van der Waals surface area (Å²) >= 11 is 0. The molecule has 31 heavy (non-hydrogen) atoms. The molecule has 1 heterocycles. The van der Waals surface area contributed by atoms with Crippen molar-refractivity contribution >= 4 is 16.9 Å². The fraction of sp³-hybridized carbons (Fsp3) is 0.400. The topological polar surface area (TPSA) is 80.8 Å². The Morgan fingerprint density at radius 3 is 2.65 bits per heavy atom. The van der Waals surface area contributed by atoms with E-state index >= 15 is 0 Å². The van der Waals surface area contributed by atoms with Gasteiger partial charge in [-0.05, 0) is 68.5 Å². The number of H-pyrrole nitrogens is 1. The maximum atomic E-state index is 11.3. The number of hydrogen-bond acceptors (Lipinski definition) is 4. The smallest absolute Gasteiger partial charge is 0.335 e. The second kappa shape index (κ2) is 9.02. The van der Waals surface area contributed by atoms with E-state index in [4.69, 9.17) is 14.2 Å². The zero-order valence-corrected chi connectivity index (χ0v) is 18.2. The Hall–Kier alpha value is -2.99. The SMILES string of the molecule is CCO[C@@H]1CC[C@H](Oc2c(OC)cc(C)c3[nH]ccc23)[C@H](c2ccc(C(=O)O)cc2)C1. The fourth-order valence-corrected chi connectivity index (χ4v) is 4.63. The third-order valence-electron chi connectivity index (χ3n) is 6.17. The minimum atomic E-state index is -0.922. The number of hydrogen-bond donors (Lipinski definition) is 2. The number of methoxy groups -OCH3 is 1. The predicted octanol–water partition coefficient (Wildman–Crippen LogP) is 5.30. The highest BCUT2D eigenvalue weighted by Gasteiger charge is 2.34. The van der Waals surface area contributed by atoms with Crippen molar-refractivity contribution in [3.63, 3.8) is 0 Å². The third-order valence-corrected chi connectivity index (χ3v) is 6.17. The van der Waals surface area contributed by atoms with Gasteiger partial charge in [-0.15, -0.1) is 0 Å². The van der Waals surface area contributed by atoms with Gasteiger partial charge >= 0.3 is 5.97 Å². The van der Waals surface area contributed by atoms with Gasteiger partial charge in [0.05, 0.1) is 24.3 Å². The van der Waals surface area contributed by atoms with E-state index in [9.17, 15) is 9.90 Å². The predicted molar refractivity (Wildman–Crippen MR) is 119 cm³/mol. The Balaban J connectivity index is 1.69. The molecule has 3 aromatic rings. The van der Waals surface area contributed by atoms with Crippen molar-refractivity contribution in [2.24, 2.45) is 0 Å². The zero-order chi connectivity index (χ0) is 22.0. The molecule has 1 fully saturated rings. The number of aromatic carboxylic acids is 1. The van der Waals surface area contributed by atoms with Gasteiger partial charge in [0.25, 0.3) is 0 Å². The summed E-state index contributed by atoms with van der Waals surface area (Å²) in [6, 6.07) is 11.1. The van der Waals surface area contributed by atoms with Crippen LogP contribution in [0.25, 0.3) is 10.9 Å². The van der Waals surface area contributed by atoms with Crippen molar-refractivity contribution in [2.75, 3.05) is 13.7 Å². The Bertz CT molecular complexity index is 1060. The van der Waals surface area contributed by atoms with Gasteiger partial charge in [0, 0.05) is 24.1 Å². The summed E-state index contributed by atoms with van der Waals surface area (Å²) in [6.45, 7) is 4.74. The van der Waals surface area contributed by atoms with Crippen molar-refractivity contribution in [1.29, 1.82) is 0 Å². The Morgan fingerprint density at radius 2 is 1.97 bits per heavy atom. The van der Waals surface area contributed by atoms with Gasteiger partial charge in [0.15, 0.2) is 11.5 Å². The molecule has 6 nitrogen and oxygen atoms in total. The molecule has 0 saturated heterocycles. The Morgan fingerprint density at radius 1 is 1.19 bits per heavy atom. The summed E-state index contributed by atoms with van der Waals surface area (Å²) in [4.78, 5) is 14.6. The van der Waals surface area contributed by atoms with E-state index in [0.717, 1.165) is 52.8 Å². The normalized spacial score (nSPS) is 21.2. The van der Waals surface area contributed by atoms with Crippen LogP contribution in [0.4, 0.5) is 0 Å². The van der Waals surface area contributed by atoms with Crippen LogP contribution in [0.15, 0.2) is 42.6 Å². The highest BCUT2D eigenvalue weighted by molar-refractivity contribution is 5.91. The summed E-state index contributed by atoms with van der Waals surface area (Å²) in [7, 11) is 1.66. The summed E-state index contributed by atoms with van der Waals surface area (Å²) in [5.74, 6) is 0.635.